The van der Waals surface area contributed by atoms with E-state index in [9.17, 15) is 9.59 Å². The largest absolute Gasteiger partial charge is 0.481 e. The van der Waals surface area contributed by atoms with Crippen molar-refractivity contribution in [2.24, 2.45) is 5.92 Å². The Hall–Kier alpha value is -2.44. The molecule has 0 aromatic carbocycles. The van der Waals surface area contributed by atoms with Crippen LogP contribution in [-0.2, 0) is 4.79 Å². The fraction of sp³-hybridized carbons (Fsp3) is 0.333. The Morgan fingerprint density at radius 3 is 2.68 bits per heavy atom. The summed E-state index contributed by atoms with van der Waals surface area (Å²) >= 11 is 0. The molecule has 1 atom stereocenters. The van der Waals surface area contributed by atoms with Crippen molar-refractivity contribution >= 4 is 17.5 Å². The molecule has 1 aliphatic rings. The van der Waals surface area contributed by atoms with E-state index < -0.39 is 11.9 Å². The molecule has 0 radical (unpaired) electrons. The number of amides is 1. The lowest BCUT2D eigenvalue weighted by Crippen LogP contribution is -2.31. The van der Waals surface area contributed by atoms with E-state index in [-0.39, 0.29) is 18.1 Å². The van der Waals surface area contributed by atoms with Gasteiger partial charge in [0.05, 0.1) is 5.92 Å². The predicted octanol–water partition coefficient (Wildman–Crippen LogP) is 0.276. The lowest BCUT2D eigenvalue weighted by molar-refractivity contribution is -0.141. The van der Waals surface area contributed by atoms with Gasteiger partial charge in [0.15, 0.2) is 11.3 Å². The van der Waals surface area contributed by atoms with Crippen LogP contribution in [0.3, 0.4) is 0 Å². The van der Waals surface area contributed by atoms with E-state index in [4.69, 9.17) is 5.11 Å². The molecule has 1 amide bonds. The third-order valence-corrected chi connectivity index (χ3v) is 3.34. The van der Waals surface area contributed by atoms with Crippen LogP contribution in [0.25, 0.3) is 5.65 Å². The van der Waals surface area contributed by atoms with Gasteiger partial charge in [0.1, 0.15) is 0 Å². The Kier molecular flexibility index (Phi) is 2.66. The van der Waals surface area contributed by atoms with Crippen molar-refractivity contribution in [1.82, 2.24) is 19.3 Å². The summed E-state index contributed by atoms with van der Waals surface area (Å²) in [5.41, 5.74) is 0.754. The first kappa shape index (κ1) is 11.6. The molecular weight excluding hydrogens is 248 g/mol. The molecule has 1 unspecified atom stereocenters. The second kappa shape index (κ2) is 4.34. The van der Waals surface area contributed by atoms with Gasteiger partial charge in [-0.1, -0.05) is 0 Å². The van der Waals surface area contributed by atoms with Crippen LogP contribution >= 0.6 is 0 Å². The standard InChI is InChI=1S/C12H12N4O3/c17-11(16-4-1-8(7-16)12(18)19)9-10-14-3-6-15(10)5-2-13-9/h2-3,5-6,8H,1,4,7H2,(H,18,19). The zero-order chi connectivity index (χ0) is 13.4. The smallest absolute Gasteiger partial charge is 0.308 e. The van der Waals surface area contributed by atoms with Gasteiger partial charge in [0.2, 0.25) is 0 Å². The minimum absolute atomic E-state index is 0.234. The van der Waals surface area contributed by atoms with Crippen LogP contribution in [0.15, 0.2) is 24.8 Å². The van der Waals surface area contributed by atoms with Crippen molar-refractivity contribution in [3.05, 3.63) is 30.5 Å². The molecule has 1 N–H and O–H groups in total. The van der Waals surface area contributed by atoms with E-state index in [2.05, 4.69) is 9.97 Å². The van der Waals surface area contributed by atoms with E-state index in [0.717, 1.165) is 0 Å². The Bertz CT molecular complexity index is 651. The molecule has 7 nitrogen and oxygen atoms in total. The number of carbonyl (C=O) groups excluding carboxylic acids is 1. The van der Waals surface area contributed by atoms with Crippen LogP contribution in [0.4, 0.5) is 0 Å². The molecule has 1 fully saturated rings. The molecule has 7 heteroatoms. The van der Waals surface area contributed by atoms with Crippen molar-refractivity contribution in [2.45, 2.75) is 6.42 Å². The molecule has 0 bridgehead atoms. The average molecular weight is 260 g/mol. The number of hydrogen-bond donors (Lipinski definition) is 1. The van der Waals surface area contributed by atoms with Crippen molar-refractivity contribution in [1.29, 1.82) is 0 Å². The number of rotatable bonds is 2. The Morgan fingerprint density at radius 2 is 2.00 bits per heavy atom. The fourth-order valence-corrected chi connectivity index (χ4v) is 2.30. The SMILES string of the molecule is O=C(O)C1CCN(C(=O)c2nccn3ccnc23)C1. The van der Waals surface area contributed by atoms with Crippen LogP contribution < -0.4 is 0 Å². The summed E-state index contributed by atoms with van der Waals surface area (Å²) in [4.78, 5) is 32.9. The summed E-state index contributed by atoms with van der Waals surface area (Å²) in [6, 6.07) is 0. The first-order valence-electron chi connectivity index (χ1n) is 5.96. The van der Waals surface area contributed by atoms with Gasteiger partial charge in [-0.3, -0.25) is 9.59 Å². The van der Waals surface area contributed by atoms with E-state index >= 15 is 0 Å². The molecule has 2 aromatic rings. The van der Waals surface area contributed by atoms with Gasteiger partial charge in [0.25, 0.3) is 5.91 Å². The summed E-state index contributed by atoms with van der Waals surface area (Å²) in [7, 11) is 0. The van der Waals surface area contributed by atoms with Gasteiger partial charge in [-0.25, -0.2) is 9.97 Å². The molecule has 3 heterocycles. The van der Waals surface area contributed by atoms with Gasteiger partial charge in [0, 0.05) is 37.9 Å². The summed E-state index contributed by atoms with van der Waals surface area (Å²) < 4.78 is 1.71. The molecular formula is C12H12N4O3. The molecule has 1 aliphatic heterocycles. The van der Waals surface area contributed by atoms with Crippen molar-refractivity contribution < 1.29 is 14.7 Å². The van der Waals surface area contributed by atoms with E-state index in [1.807, 2.05) is 0 Å². The van der Waals surface area contributed by atoms with Crippen LogP contribution in [-0.4, -0.2) is 49.3 Å². The number of carboxylic acid groups (broad SMARTS) is 1. The van der Waals surface area contributed by atoms with Crippen LogP contribution in [0.1, 0.15) is 16.9 Å². The van der Waals surface area contributed by atoms with E-state index in [1.165, 1.54) is 11.1 Å². The monoisotopic (exact) mass is 260 g/mol. The zero-order valence-electron chi connectivity index (χ0n) is 10.1. The molecule has 0 aliphatic carbocycles. The zero-order valence-corrected chi connectivity index (χ0v) is 10.1. The van der Waals surface area contributed by atoms with Gasteiger partial charge in [-0.05, 0) is 6.42 Å². The van der Waals surface area contributed by atoms with Gasteiger partial charge < -0.3 is 14.4 Å². The molecule has 0 saturated carbocycles. The normalized spacial score (nSPS) is 18.9. The van der Waals surface area contributed by atoms with Crippen LogP contribution in [0.2, 0.25) is 0 Å². The first-order valence-corrected chi connectivity index (χ1v) is 5.96. The number of carbonyl (C=O) groups is 2. The quantitative estimate of drug-likeness (QED) is 0.837. The topological polar surface area (TPSA) is 87.8 Å². The summed E-state index contributed by atoms with van der Waals surface area (Å²) in [6.45, 7) is 0.677. The maximum Gasteiger partial charge on any atom is 0.308 e. The number of fused-ring (bicyclic) bond motifs is 1. The molecule has 2 aromatic heterocycles. The predicted molar refractivity (Wildman–Crippen MR) is 64.6 cm³/mol. The first-order chi connectivity index (χ1) is 9.16. The summed E-state index contributed by atoms with van der Waals surface area (Å²) in [6.07, 6.45) is 7.06. The van der Waals surface area contributed by atoms with E-state index in [0.29, 0.717) is 18.6 Å². The molecule has 0 spiro atoms. The third kappa shape index (κ3) is 1.92. The number of aromatic nitrogens is 3. The Morgan fingerprint density at radius 1 is 1.26 bits per heavy atom. The third-order valence-electron chi connectivity index (χ3n) is 3.34. The van der Waals surface area contributed by atoms with Crippen LogP contribution in [0.5, 0.6) is 0 Å². The van der Waals surface area contributed by atoms with Crippen molar-refractivity contribution in [3.63, 3.8) is 0 Å². The molecule has 3 rings (SSSR count). The minimum Gasteiger partial charge on any atom is -0.481 e. The minimum atomic E-state index is -0.859. The molecule has 1 saturated heterocycles. The average Bonchev–Trinajstić information content (AvgIpc) is 3.06. The van der Waals surface area contributed by atoms with Gasteiger partial charge in [-0.15, -0.1) is 0 Å². The number of nitrogens with zero attached hydrogens (tertiary/aromatic N) is 4. The number of hydrogen-bond acceptors (Lipinski definition) is 4. The maximum absolute atomic E-state index is 12.3. The Labute approximate surface area is 108 Å². The second-order valence-corrected chi connectivity index (χ2v) is 4.51. The van der Waals surface area contributed by atoms with Crippen LogP contribution in [0, 0.1) is 5.92 Å². The van der Waals surface area contributed by atoms with Gasteiger partial charge in [-0.2, -0.15) is 0 Å². The maximum atomic E-state index is 12.3. The summed E-state index contributed by atoms with van der Waals surface area (Å²) in [5, 5.41) is 8.95. The number of likely N-dealkylation sites (tertiary alicyclic amines) is 1. The number of carboxylic acids is 1. The highest BCUT2D eigenvalue weighted by Gasteiger charge is 2.32. The summed E-state index contributed by atoms with van der Waals surface area (Å²) in [5.74, 6) is -1.61. The van der Waals surface area contributed by atoms with Gasteiger partial charge >= 0.3 is 5.97 Å². The molecule has 19 heavy (non-hydrogen) atoms. The van der Waals surface area contributed by atoms with Crippen molar-refractivity contribution in [2.75, 3.05) is 13.1 Å². The highest BCUT2D eigenvalue weighted by atomic mass is 16.4. The Balaban J connectivity index is 1.89. The fourth-order valence-electron chi connectivity index (χ4n) is 2.30. The number of imidazole rings is 1. The lowest BCUT2D eigenvalue weighted by Gasteiger charge is -2.15. The van der Waals surface area contributed by atoms with E-state index in [1.54, 1.807) is 23.0 Å². The highest BCUT2D eigenvalue weighted by molar-refractivity contribution is 5.98. The highest BCUT2D eigenvalue weighted by Crippen LogP contribution is 2.19. The second-order valence-electron chi connectivity index (χ2n) is 4.51. The number of aliphatic carboxylic acids is 1. The molecule has 98 valence electrons. The van der Waals surface area contributed by atoms with Crippen molar-refractivity contribution in [3.8, 4) is 0 Å². The lowest BCUT2D eigenvalue weighted by atomic mass is 10.1.